The number of anilines is 2. The second-order valence-electron chi connectivity index (χ2n) is 4.66. The first-order chi connectivity index (χ1) is 8.97. The van der Waals surface area contributed by atoms with Crippen molar-refractivity contribution in [1.82, 2.24) is 5.32 Å². The van der Waals surface area contributed by atoms with Gasteiger partial charge in [0, 0.05) is 37.3 Å². The first-order valence-electron chi connectivity index (χ1n) is 6.38. The van der Waals surface area contributed by atoms with E-state index in [4.69, 9.17) is 0 Å². The summed E-state index contributed by atoms with van der Waals surface area (Å²) in [7, 11) is 0. The van der Waals surface area contributed by atoms with Crippen LogP contribution in [0.3, 0.4) is 0 Å². The fraction of sp³-hybridized carbons (Fsp3) is 0.429. The highest BCUT2D eigenvalue weighted by Crippen LogP contribution is 2.14. The zero-order valence-corrected chi connectivity index (χ0v) is 11.6. The quantitative estimate of drug-likeness (QED) is 0.735. The van der Waals surface area contributed by atoms with E-state index in [2.05, 4.69) is 16.0 Å². The second-order valence-corrected chi connectivity index (χ2v) is 4.66. The highest BCUT2D eigenvalue weighted by atomic mass is 16.2. The average Bonchev–Trinajstić information content (AvgIpc) is 2.27. The van der Waals surface area contributed by atoms with Crippen LogP contribution in [0.15, 0.2) is 24.3 Å². The second kappa shape index (κ2) is 7.41. The van der Waals surface area contributed by atoms with E-state index in [-0.39, 0.29) is 17.9 Å². The van der Waals surface area contributed by atoms with Crippen LogP contribution in [-0.4, -0.2) is 24.4 Å². The molecule has 1 aromatic carbocycles. The van der Waals surface area contributed by atoms with Crippen LogP contribution in [0.5, 0.6) is 0 Å². The molecule has 0 fully saturated rings. The Morgan fingerprint density at radius 1 is 1.21 bits per heavy atom. The third-order valence-corrected chi connectivity index (χ3v) is 2.31. The van der Waals surface area contributed by atoms with Gasteiger partial charge in [0.05, 0.1) is 0 Å². The Hall–Kier alpha value is -2.04. The van der Waals surface area contributed by atoms with Gasteiger partial charge in [0.25, 0.3) is 0 Å². The molecule has 0 aliphatic carbocycles. The number of hydrogen-bond acceptors (Lipinski definition) is 3. The Kier molecular flexibility index (Phi) is 5.85. The SMILES string of the molecule is CC(=O)Nc1cccc(NCCC(=O)NC(C)C)c1. The molecule has 1 rings (SSSR count). The maximum atomic E-state index is 11.4. The van der Waals surface area contributed by atoms with Crippen LogP contribution >= 0.6 is 0 Å². The number of carbonyl (C=O) groups is 2. The molecule has 0 aliphatic rings. The van der Waals surface area contributed by atoms with Gasteiger partial charge >= 0.3 is 0 Å². The Labute approximate surface area is 113 Å². The molecule has 0 spiro atoms. The van der Waals surface area contributed by atoms with Gasteiger partial charge in [-0.1, -0.05) is 6.07 Å². The summed E-state index contributed by atoms with van der Waals surface area (Å²) in [5.41, 5.74) is 1.62. The summed E-state index contributed by atoms with van der Waals surface area (Å²) in [4.78, 5) is 22.4. The standard InChI is InChI=1S/C14H21N3O2/c1-10(2)16-14(19)7-8-15-12-5-4-6-13(9-12)17-11(3)18/h4-6,9-10,15H,7-8H2,1-3H3,(H,16,19)(H,17,18). The molecule has 5 heteroatoms. The van der Waals surface area contributed by atoms with E-state index in [1.807, 2.05) is 38.1 Å². The molecular formula is C14H21N3O2. The third kappa shape index (κ3) is 6.45. The van der Waals surface area contributed by atoms with Crippen LogP contribution in [0.4, 0.5) is 11.4 Å². The van der Waals surface area contributed by atoms with E-state index < -0.39 is 0 Å². The molecule has 2 amide bonds. The van der Waals surface area contributed by atoms with Crippen molar-refractivity contribution in [1.29, 1.82) is 0 Å². The van der Waals surface area contributed by atoms with Crippen molar-refractivity contribution in [3.63, 3.8) is 0 Å². The molecule has 0 aliphatic heterocycles. The largest absolute Gasteiger partial charge is 0.384 e. The summed E-state index contributed by atoms with van der Waals surface area (Å²) >= 11 is 0. The van der Waals surface area contributed by atoms with Crippen LogP contribution in [0.2, 0.25) is 0 Å². The Morgan fingerprint density at radius 2 is 1.89 bits per heavy atom. The van der Waals surface area contributed by atoms with Crippen molar-refractivity contribution >= 4 is 23.2 Å². The normalized spacial score (nSPS) is 10.1. The lowest BCUT2D eigenvalue weighted by molar-refractivity contribution is -0.121. The van der Waals surface area contributed by atoms with Gasteiger partial charge in [-0.05, 0) is 32.0 Å². The van der Waals surface area contributed by atoms with E-state index in [1.54, 1.807) is 0 Å². The van der Waals surface area contributed by atoms with Crippen LogP contribution in [0.1, 0.15) is 27.2 Å². The van der Waals surface area contributed by atoms with Gasteiger partial charge in [-0.25, -0.2) is 0 Å². The van der Waals surface area contributed by atoms with E-state index >= 15 is 0 Å². The van der Waals surface area contributed by atoms with Gasteiger partial charge in [0.1, 0.15) is 0 Å². The minimum Gasteiger partial charge on any atom is -0.384 e. The molecule has 3 N–H and O–H groups in total. The summed E-state index contributed by atoms with van der Waals surface area (Å²) in [5.74, 6) is -0.0750. The Morgan fingerprint density at radius 3 is 2.53 bits per heavy atom. The fourth-order valence-electron chi connectivity index (χ4n) is 1.62. The van der Waals surface area contributed by atoms with Crippen molar-refractivity contribution in [2.45, 2.75) is 33.2 Å². The molecule has 19 heavy (non-hydrogen) atoms. The minimum absolute atomic E-state index is 0.0283. The topological polar surface area (TPSA) is 70.2 Å². The molecular weight excluding hydrogens is 242 g/mol. The number of carbonyl (C=O) groups excluding carboxylic acids is 2. The van der Waals surface area contributed by atoms with Crippen molar-refractivity contribution in [3.05, 3.63) is 24.3 Å². The van der Waals surface area contributed by atoms with Gasteiger partial charge in [-0.15, -0.1) is 0 Å². The lowest BCUT2D eigenvalue weighted by Crippen LogP contribution is -2.31. The summed E-state index contributed by atoms with van der Waals surface area (Å²) in [6.45, 7) is 5.89. The molecule has 0 unspecified atom stereocenters. The highest BCUT2D eigenvalue weighted by molar-refractivity contribution is 5.89. The number of amides is 2. The summed E-state index contributed by atoms with van der Waals surface area (Å²) in [6, 6.07) is 7.56. The van der Waals surface area contributed by atoms with Gasteiger partial charge in [0.15, 0.2) is 0 Å². The van der Waals surface area contributed by atoms with Crippen molar-refractivity contribution < 1.29 is 9.59 Å². The smallest absolute Gasteiger partial charge is 0.221 e. The van der Waals surface area contributed by atoms with Crippen molar-refractivity contribution in [3.8, 4) is 0 Å². The van der Waals surface area contributed by atoms with Gasteiger partial charge in [0.2, 0.25) is 11.8 Å². The fourth-order valence-corrected chi connectivity index (χ4v) is 1.62. The predicted molar refractivity (Wildman–Crippen MR) is 77.1 cm³/mol. The highest BCUT2D eigenvalue weighted by Gasteiger charge is 2.03. The predicted octanol–water partition coefficient (Wildman–Crippen LogP) is 1.97. The number of benzene rings is 1. The number of hydrogen-bond donors (Lipinski definition) is 3. The van der Waals surface area contributed by atoms with Crippen LogP contribution in [0, 0.1) is 0 Å². The summed E-state index contributed by atoms with van der Waals surface area (Å²) in [5, 5.41) is 8.69. The molecule has 1 aromatic rings. The van der Waals surface area contributed by atoms with E-state index in [9.17, 15) is 9.59 Å². The molecule has 0 heterocycles. The van der Waals surface area contributed by atoms with Gasteiger partial charge in [-0.2, -0.15) is 0 Å². The molecule has 0 aromatic heterocycles. The zero-order valence-electron chi connectivity index (χ0n) is 11.6. The van der Waals surface area contributed by atoms with E-state index in [0.29, 0.717) is 13.0 Å². The zero-order chi connectivity index (χ0) is 14.3. The third-order valence-electron chi connectivity index (χ3n) is 2.31. The summed E-state index contributed by atoms with van der Waals surface area (Å²) in [6.07, 6.45) is 0.419. The maximum absolute atomic E-state index is 11.4. The van der Waals surface area contributed by atoms with Crippen molar-refractivity contribution in [2.24, 2.45) is 0 Å². The number of rotatable bonds is 6. The van der Waals surface area contributed by atoms with Crippen LogP contribution in [0.25, 0.3) is 0 Å². The Bertz CT molecular complexity index is 444. The lowest BCUT2D eigenvalue weighted by Gasteiger charge is -2.10. The molecule has 0 radical (unpaired) electrons. The average molecular weight is 263 g/mol. The summed E-state index contributed by atoms with van der Waals surface area (Å²) < 4.78 is 0. The molecule has 0 bridgehead atoms. The first kappa shape index (κ1) is 15.0. The van der Waals surface area contributed by atoms with Crippen LogP contribution < -0.4 is 16.0 Å². The molecule has 5 nitrogen and oxygen atoms in total. The molecule has 0 saturated heterocycles. The number of nitrogens with one attached hydrogen (secondary N) is 3. The van der Waals surface area contributed by atoms with Crippen molar-refractivity contribution in [2.75, 3.05) is 17.2 Å². The monoisotopic (exact) mass is 263 g/mol. The van der Waals surface area contributed by atoms with E-state index in [0.717, 1.165) is 11.4 Å². The van der Waals surface area contributed by atoms with Gasteiger partial charge < -0.3 is 16.0 Å². The Balaban J connectivity index is 2.41. The molecule has 0 saturated carbocycles. The molecule has 0 atom stereocenters. The maximum Gasteiger partial charge on any atom is 0.221 e. The first-order valence-corrected chi connectivity index (χ1v) is 6.38. The van der Waals surface area contributed by atoms with Crippen LogP contribution in [-0.2, 0) is 9.59 Å². The minimum atomic E-state index is -0.103. The lowest BCUT2D eigenvalue weighted by atomic mass is 10.2. The molecule has 104 valence electrons. The van der Waals surface area contributed by atoms with E-state index in [1.165, 1.54) is 6.92 Å². The van der Waals surface area contributed by atoms with Gasteiger partial charge in [-0.3, -0.25) is 9.59 Å².